The number of hydrogen-bond acceptors (Lipinski definition) is 4. The highest BCUT2D eigenvalue weighted by molar-refractivity contribution is 5.97. The molecule has 1 N–H and O–H groups in total. The summed E-state index contributed by atoms with van der Waals surface area (Å²) in [5, 5.41) is 7.50. The molecule has 0 spiro atoms. The molecule has 0 saturated carbocycles. The summed E-state index contributed by atoms with van der Waals surface area (Å²) in [6, 6.07) is 10.9. The zero-order chi connectivity index (χ0) is 17.1. The molecule has 6 nitrogen and oxygen atoms in total. The normalized spacial score (nSPS) is 10.9. The molecule has 124 valence electrons. The molecule has 0 saturated heterocycles. The van der Waals surface area contributed by atoms with Crippen molar-refractivity contribution in [2.24, 2.45) is 7.05 Å². The van der Waals surface area contributed by atoms with Gasteiger partial charge in [0.1, 0.15) is 5.56 Å². The number of rotatable bonds is 5. The molecular formula is C18H19N3O3. The summed E-state index contributed by atoms with van der Waals surface area (Å²) >= 11 is 0. The quantitative estimate of drug-likeness (QED) is 0.781. The summed E-state index contributed by atoms with van der Waals surface area (Å²) in [6.07, 6.45) is 1.81. The fraction of sp³-hybridized carbons (Fsp3) is 0.278. The SMILES string of the molecule is CCCc1cc(CNC(=O)c2cc3ccccc3n(C)c2=O)on1. The van der Waals surface area contributed by atoms with Crippen LogP contribution in [0.5, 0.6) is 0 Å². The molecule has 1 aromatic carbocycles. The molecule has 0 atom stereocenters. The second-order valence-electron chi connectivity index (χ2n) is 5.70. The molecular weight excluding hydrogens is 306 g/mol. The molecule has 6 heteroatoms. The first-order chi connectivity index (χ1) is 11.6. The van der Waals surface area contributed by atoms with Crippen LogP contribution in [-0.2, 0) is 20.0 Å². The number of nitrogens with zero attached hydrogens (tertiary/aromatic N) is 2. The van der Waals surface area contributed by atoms with Crippen LogP contribution in [0, 0.1) is 0 Å². The molecule has 0 aliphatic carbocycles. The average molecular weight is 325 g/mol. The van der Waals surface area contributed by atoms with Gasteiger partial charge in [-0.25, -0.2) is 0 Å². The summed E-state index contributed by atoms with van der Waals surface area (Å²) in [6.45, 7) is 2.26. The lowest BCUT2D eigenvalue weighted by Crippen LogP contribution is -2.31. The summed E-state index contributed by atoms with van der Waals surface area (Å²) in [5.41, 5.74) is 1.45. The van der Waals surface area contributed by atoms with Gasteiger partial charge in [0, 0.05) is 13.1 Å². The molecule has 3 rings (SSSR count). The number of amides is 1. The Bertz CT molecular complexity index is 940. The maximum absolute atomic E-state index is 12.4. The van der Waals surface area contributed by atoms with Crippen molar-refractivity contribution >= 4 is 16.8 Å². The standard InChI is InChI=1S/C18H19N3O3/c1-3-6-13-10-14(24-20-13)11-19-17(22)15-9-12-7-4-5-8-16(12)21(2)18(15)23/h4-5,7-10H,3,6,11H2,1-2H3,(H,19,22). The van der Waals surface area contributed by atoms with Crippen LogP contribution in [-0.4, -0.2) is 15.6 Å². The predicted molar refractivity (Wildman–Crippen MR) is 90.9 cm³/mol. The first-order valence-corrected chi connectivity index (χ1v) is 7.91. The lowest BCUT2D eigenvalue weighted by atomic mass is 10.1. The van der Waals surface area contributed by atoms with E-state index >= 15 is 0 Å². The van der Waals surface area contributed by atoms with Gasteiger partial charge in [0.15, 0.2) is 5.76 Å². The zero-order valence-electron chi connectivity index (χ0n) is 13.7. The van der Waals surface area contributed by atoms with E-state index in [-0.39, 0.29) is 17.7 Å². The van der Waals surface area contributed by atoms with Gasteiger partial charge in [0.25, 0.3) is 11.5 Å². The highest BCUT2D eigenvalue weighted by Gasteiger charge is 2.14. The minimum atomic E-state index is -0.421. The third kappa shape index (κ3) is 3.08. The van der Waals surface area contributed by atoms with E-state index in [1.807, 2.05) is 30.3 Å². The Labute approximate surface area is 139 Å². The lowest BCUT2D eigenvalue weighted by Gasteiger charge is -2.08. The Morgan fingerprint density at radius 1 is 1.29 bits per heavy atom. The first kappa shape index (κ1) is 16.0. The molecule has 0 fully saturated rings. The Kier molecular flexibility index (Phi) is 4.46. The number of aromatic nitrogens is 2. The summed E-state index contributed by atoms with van der Waals surface area (Å²) in [5.74, 6) is 0.152. The number of hydrogen-bond donors (Lipinski definition) is 1. The van der Waals surface area contributed by atoms with E-state index in [1.54, 1.807) is 13.1 Å². The minimum Gasteiger partial charge on any atom is -0.359 e. The third-order valence-electron chi connectivity index (χ3n) is 3.91. The smallest absolute Gasteiger partial charge is 0.263 e. The summed E-state index contributed by atoms with van der Waals surface area (Å²) < 4.78 is 6.66. The van der Waals surface area contributed by atoms with Gasteiger partial charge in [0.05, 0.1) is 17.8 Å². The van der Waals surface area contributed by atoms with Gasteiger partial charge >= 0.3 is 0 Å². The zero-order valence-corrected chi connectivity index (χ0v) is 13.7. The number of para-hydroxylation sites is 1. The van der Waals surface area contributed by atoms with Crippen LogP contribution >= 0.6 is 0 Å². The van der Waals surface area contributed by atoms with Gasteiger partial charge in [-0.1, -0.05) is 36.7 Å². The molecule has 2 heterocycles. The average Bonchev–Trinajstić information content (AvgIpc) is 3.04. The van der Waals surface area contributed by atoms with Crippen molar-refractivity contribution in [3.05, 3.63) is 63.8 Å². The number of nitrogens with one attached hydrogen (secondary N) is 1. The van der Waals surface area contributed by atoms with Gasteiger partial charge in [0.2, 0.25) is 0 Å². The van der Waals surface area contributed by atoms with Gasteiger partial charge in [-0.2, -0.15) is 0 Å². The van der Waals surface area contributed by atoms with E-state index in [2.05, 4.69) is 17.4 Å². The molecule has 0 radical (unpaired) electrons. The highest BCUT2D eigenvalue weighted by atomic mass is 16.5. The van der Waals surface area contributed by atoms with Crippen LogP contribution in [0.4, 0.5) is 0 Å². The second-order valence-corrected chi connectivity index (χ2v) is 5.70. The van der Waals surface area contributed by atoms with E-state index in [1.165, 1.54) is 4.57 Å². The maximum atomic E-state index is 12.4. The first-order valence-electron chi connectivity index (χ1n) is 7.91. The van der Waals surface area contributed by atoms with Crippen LogP contribution in [0.2, 0.25) is 0 Å². The Morgan fingerprint density at radius 3 is 2.88 bits per heavy atom. The van der Waals surface area contributed by atoms with E-state index in [0.717, 1.165) is 29.4 Å². The van der Waals surface area contributed by atoms with Gasteiger partial charge in [-0.05, 0) is 23.9 Å². The Morgan fingerprint density at radius 2 is 2.08 bits per heavy atom. The molecule has 2 aromatic heterocycles. The topological polar surface area (TPSA) is 77.1 Å². The molecule has 0 aliphatic rings. The number of aryl methyl sites for hydroxylation is 2. The number of benzene rings is 1. The van der Waals surface area contributed by atoms with Crippen molar-refractivity contribution in [1.29, 1.82) is 0 Å². The molecule has 1 amide bonds. The van der Waals surface area contributed by atoms with Gasteiger partial charge in [-0.3, -0.25) is 9.59 Å². The van der Waals surface area contributed by atoms with Crippen molar-refractivity contribution in [1.82, 2.24) is 15.0 Å². The predicted octanol–water partition coefficient (Wildman–Crippen LogP) is 2.41. The van der Waals surface area contributed by atoms with Crippen LogP contribution in [0.3, 0.4) is 0 Å². The van der Waals surface area contributed by atoms with Gasteiger partial charge < -0.3 is 14.4 Å². The van der Waals surface area contributed by atoms with Crippen molar-refractivity contribution in [2.45, 2.75) is 26.3 Å². The monoisotopic (exact) mass is 325 g/mol. The van der Waals surface area contributed by atoms with E-state index < -0.39 is 5.91 Å². The number of fused-ring (bicyclic) bond motifs is 1. The number of carbonyl (C=O) groups excluding carboxylic acids is 1. The summed E-state index contributed by atoms with van der Waals surface area (Å²) in [7, 11) is 1.66. The largest absolute Gasteiger partial charge is 0.359 e. The van der Waals surface area contributed by atoms with Crippen LogP contribution < -0.4 is 10.9 Å². The maximum Gasteiger partial charge on any atom is 0.263 e. The highest BCUT2D eigenvalue weighted by Crippen LogP contribution is 2.12. The second kappa shape index (κ2) is 6.70. The minimum absolute atomic E-state index is 0.115. The number of pyridine rings is 1. The van der Waals surface area contributed by atoms with E-state index in [9.17, 15) is 9.59 Å². The van der Waals surface area contributed by atoms with Crippen LogP contribution in [0.1, 0.15) is 35.2 Å². The summed E-state index contributed by atoms with van der Waals surface area (Å²) in [4.78, 5) is 24.8. The van der Waals surface area contributed by atoms with Crippen LogP contribution in [0.25, 0.3) is 10.9 Å². The third-order valence-corrected chi connectivity index (χ3v) is 3.91. The van der Waals surface area contributed by atoms with Crippen molar-refractivity contribution in [3.63, 3.8) is 0 Å². The van der Waals surface area contributed by atoms with Crippen LogP contribution in [0.15, 0.2) is 45.7 Å². The van der Waals surface area contributed by atoms with Crippen molar-refractivity contribution in [2.75, 3.05) is 0 Å². The van der Waals surface area contributed by atoms with E-state index in [4.69, 9.17) is 4.52 Å². The Hall–Kier alpha value is -2.89. The fourth-order valence-corrected chi connectivity index (χ4v) is 2.66. The van der Waals surface area contributed by atoms with E-state index in [0.29, 0.717) is 5.76 Å². The molecule has 24 heavy (non-hydrogen) atoms. The van der Waals surface area contributed by atoms with Crippen molar-refractivity contribution < 1.29 is 9.32 Å². The molecule has 0 bridgehead atoms. The molecule has 0 unspecified atom stereocenters. The number of carbonyl (C=O) groups is 1. The van der Waals surface area contributed by atoms with Crippen molar-refractivity contribution in [3.8, 4) is 0 Å². The van der Waals surface area contributed by atoms with Gasteiger partial charge in [-0.15, -0.1) is 0 Å². The fourth-order valence-electron chi connectivity index (χ4n) is 2.66. The Balaban J connectivity index is 1.80. The molecule has 3 aromatic rings. The lowest BCUT2D eigenvalue weighted by molar-refractivity contribution is 0.0945. The molecule has 0 aliphatic heterocycles.